The van der Waals surface area contributed by atoms with Crippen LogP contribution in [0.3, 0.4) is 0 Å². The van der Waals surface area contributed by atoms with Gasteiger partial charge in [0.15, 0.2) is 6.61 Å². The van der Waals surface area contributed by atoms with Crippen molar-refractivity contribution in [2.24, 2.45) is 0 Å². The van der Waals surface area contributed by atoms with Crippen molar-refractivity contribution in [3.63, 3.8) is 0 Å². The molecule has 0 radical (unpaired) electrons. The van der Waals surface area contributed by atoms with Crippen molar-refractivity contribution in [1.82, 2.24) is 15.5 Å². The quantitative estimate of drug-likeness (QED) is 0.688. The fourth-order valence-corrected chi connectivity index (χ4v) is 2.82. The Labute approximate surface area is 170 Å². The van der Waals surface area contributed by atoms with Gasteiger partial charge < -0.3 is 23.9 Å². The van der Waals surface area contributed by atoms with E-state index >= 15 is 0 Å². The third-order valence-electron chi connectivity index (χ3n) is 4.32. The molecule has 0 spiro atoms. The van der Waals surface area contributed by atoms with Crippen molar-refractivity contribution >= 4 is 5.91 Å². The van der Waals surface area contributed by atoms with Crippen LogP contribution < -0.4 is 14.8 Å². The molecule has 1 N–H and O–H groups in total. The molecule has 1 amide bonds. The smallest absolute Gasteiger partial charge is 0.416 e. The lowest BCUT2D eigenvalue weighted by atomic mass is 10.1. The van der Waals surface area contributed by atoms with E-state index in [0.29, 0.717) is 25.3 Å². The van der Waals surface area contributed by atoms with Crippen LogP contribution in [0.1, 0.15) is 43.7 Å². The summed E-state index contributed by atoms with van der Waals surface area (Å²) in [6, 6.07) is 3.93. The molecule has 0 aliphatic carbocycles. The standard InChI is InChI=1S/C19H22F3N3O5/c1-2-9-27-18-25-24-17(30-18)15-8-5-13(10-29-15)23-16(26)11-28-14-6-3-12(4-7-14)19(20,21)22/h3-4,6-7,13,15H,2,5,8-11H2,1H3,(H,23,26)/t13-,15+/m1/s1. The molecular formula is C19H22F3N3O5. The average molecular weight is 429 g/mol. The van der Waals surface area contributed by atoms with E-state index < -0.39 is 17.6 Å². The predicted octanol–water partition coefficient (Wildman–Crippen LogP) is 3.29. The summed E-state index contributed by atoms with van der Waals surface area (Å²) >= 11 is 0. The summed E-state index contributed by atoms with van der Waals surface area (Å²) < 4.78 is 59.2. The molecule has 1 aliphatic rings. The van der Waals surface area contributed by atoms with Gasteiger partial charge in [-0.25, -0.2) is 0 Å². The molecule has 1 fully saturated rings. The highest BCUT2D eigenvalue weighted by Crippen LogP contribution is 2.30. The zero-order valence-corrected chi connectivity index (χ0v) is 16.3. The number of carbonyl (C=O) groups excluding carboxylic acids is 1. The number of ether oxygens (including phenoxy) is 3. The van der Waals surface area contributed by atoms with E-state index in [2.05, 4.69) is 15.5 Å². The number of benzene rings is 1. The maximum absolute atomic E-state index is 12.5. The number of hydrogen-bond acceptors (Lipinski definition) is 7. The summed E-state index contributed by atoms with van der Waals surface area (Å²) in [7, 11) is 0. The number of hydrogen-bond donors (Lipinski definition) is 1. The van der Waals surface area contributed by atoms with Gasteiger partial charge in [0, 0.05) is 0 Å². The van der Waals surface area contributed by atoms with Gasteiger partial charge in [0.05, 0.1) is 24.8 Å². The van der Waals surface area contributed by atoms with E-state index in [1.165, 1.54) is 12.1 Å². The topological polar surface area (TPSA) is 95.7 Å². The van der Waals surface area contributed by atoms with Gasteiger partial charge in [-0.1, -0.05) is 12.0 Å². The first-order valence-electron chi connectivity index (χ1n) is 9.52. The largest absolute Gasteiger partial charge is 0.484 e. The first-order valence-corrected chi connectivity index (χ1v) is 9.52. The highest BCUT2D eigenvalue weighted by Gasteiger charge is 2.30. The summed E-state index contributed by atoms with van der Waals surface area (Å²) in [6.45, 7) is 2.39. The van der Waals surface area contributed by atoms with Gasteiger partial charge in [-0.3, -0.25) is 4.79 Å². The molecule has 1 aromatic carbocycles. The van der Waals surface area contributed by atoms with E-state index in [1.54, 1.807) is 0 Å². The Hall–Kier alpha value is -2.82. The highest BCUT2D eigenvalue weighted by molar-refractivity contribution is 5.77. The number of halogens is 3. The average Bonchev–Trinajstić information content (AvgIpc) is 3.20. The Morgan fingerprint density at radius 2 is 1.97 bits per heavy atom. The number of alkyl halides is 3. The van der Waals surface area contributed by atoms with Crippen molar-refractivity contribution in [3.05, 3.63) is 35.7 Å². The summed E-state index contributed by atoms with van der Waals surface area (Å²) in [5, 5.41) is 10.5. The van der Waals surface area contributed by atoms with Gasteiger partial charge in [0.2, 0.25) is 5.89 Å². The fourth-order valence-electron chi connectivity index (χ4n) is 2.82. The second kappa shape index (κ2) is 9.79. The van der Waals surface area contributed by atoms with Crippen LogP contribution in [-0.4, -0.2) is 42.0 Å². The minimum Gasteiger partial charge on any atom is -0.484 e. The van der Waals surface area contributed by atoms with Crippen LogP contribution in [0.4, 0.5) is 13.2 Å². The lowest BCUT2D eigenvalue weighted by Gasteiger charge is -2.27. The molecule has 3 rings (SSSR count). The highest BCUT2D eigenvalue weighted by atomic mass is 19.4. The Morgan fingerprint density at radius 1 is 1.20 bits per heavy atom. The van der Waals surface area contributed by atoms with Crippen molar-refractivity contribution < 1.29 is 36.6 Å². The molecule has 0 bridgehead atoms. The molecule has 1 aromatic heterocycles. The zero-order chi connectivity index (χ0) is 21.6. The third-order valence-corrected chi connectivity index (χ3v) is 4.32. The summed E-state index contributed by atoms with van der Waals surface area (Å²) in [4.78, 5) is 12.0. The Kier molecular flexibility index (Phi) is 7.14. The van der Waals surface area contributed by atoms with Gasteiger partial charge in [0.1, 0.15) is 11.9 Å². The van der Waals surface area contributed by atoms with Crippen LogP contribution in [-0.2, 0) is 15.7 Å². The molecule has 1 saturated heterocycles. The molecule has 30 heavy (non-hydrogen) atoms. The van der Waals surface area contributed by atoms with Gasteiger partial charge in [-0.05, 0) is 43.5 Å². The number of carbonyl (C=O) groups is 1. The van der Waals surface area contributed by atoms with E-state index in [4.69, 9.17) is 18.6 Å². The second-order valence-electron chi connectivity index (χ2n) is 6.73. The minimum atomic E-state index is -4.42. The van der Waals surface area contributed by atoms with Crippen LogP contribution in [0.2, 0.25) is 0 Å². The predicted molar refractivity (Wildman–Crippen MR) is 96.9 cm³/mol. The lowest BCUT2D eigenvalue weighted by Crippen LogP contribution is -2.43. The van der Waals surface area contributed by atoms with Crippen LogP contribution in [0.15, 0.2) is 28.7 Å². The Morgan fingerprint density at radius 3 is 2.60 bits per heavy atom. The first kappa shape index (κ1) is 21.9. The fraction of sp³-hybridized carbons (Fsp3) is 0.526. The number of nitrogens with one attached hydrogen (secondary N) is 1. The van der Waals surface area contributed by atoms with E-state index in [0.717, 1.165) is 18.6 Å². The molecule has 11 heteroatoms. The number of aromatic nitrogens is 2. The molecule has 0 saturated carbocycles. The summed E-state index contributed by atoms with van der Waals surface area (Å²) in [5.74, 6) is 0.113. The molecule has 1 aliphatic heterocycles. The van der Waals surface area contributed by atoms with Gasteiger partial charge in [-0.2, -0.15) is 13.2 Å². The molecule has 0 unspecified atom stereocenters. The second-order valence-corrected chi connectivity index (χ2v) is 6.73. The summed E-state index contributed by atoms with van der Waals surface area (Å²) in [6.07, 6.45) is -2.66. The van der Waals surface area contributed by atoms with Gasteiger partial charge in [0.25, 0.3) is 5.91 Å². The van der Waals surface area contributed by atoms with Crippen molar-refractivity contribution in [3.8, 4) is 11.8 Å². The maximum atomic E-state index is 12.5. The number of rotatable bonds is 8. The summed E-state index contributed by atoms with van der Waals surface area (Å²) in [5.41, 5.74) is -0.779. The van der Waals surface area contributed by atoms with Gasteiger partial charge >= 0.3 is 12.3 Å². The van der Waals surface area contributed by atoms with Crippen LogP contribution >= 0.6 is 0 Å². The van der Waals surface area contributed by atoms with E-state index in [-0.39, 0.29) is 37.2 Å². The van der Waals surface area contributed by atoms with Crippen molar-refractivity contribution in [2.75, 3.05) is 19.8 Å². The minimum absolute atomic E-state index is 0.103. The van der Waals surface area contributed by atoms with Crippen LogP contribution in [0, 0.1) is 0 Å². The SMILES string of the molecule is CCCOc1nnc([C@@H]2CC[C@@H](NC(=O)COc3ccc(C(F)(F)F)cc3)CO2)o1. The Balaban J connectivity index is 1.39. The van der Waals surface area contributed by atoms with Gasteiger partial charge in [-0.15, -0.1) is 5.10 Å². The first-order chi connectivity index (χ1) is 14.3. The third kappa shape index (κ3) is 6.09. The number of nitrogens with zero attached hydrogens (tertiary/aromatic N) is 2. The van der Waals surface area contributed by atoms with Crippen molar-refractivity contribution in [1.29, 1.82) is 0 Å². The molecule has 164 valence electrons. The zero-order valence-electron chi connectivity index (χ0n) is 16.3. The monoisotopic (exact) mass is 429 g/mol. The van der Waals surface area contributed by atoms with Crippen LogP contribution in [0.5, 0.6) is 11.8 Å². The normalized spacial score (nSPS) is 19.3. The van der Waals surface area contributed by atoms with Crippen LogP contribution in [0.25, 0.3) is 0 Å². The van der Waals surface area contributed by atoms with E-state index in [1.807, 2.05) is 6.92 Å². The molecule has 2 atom stereocenters. The van der Waals surface area contributed by atoms with Crippen molar-refractivity contribution in [2.45, 2.75) is 44.5 Å². The maximum Gasteiger partial charge on any atom is 0.416 e. The number of amides is 1. The lowest BCUT2D eigenvalue weighted by molar-refractivity contribution is -0.137. The molecule has 2 aromatic rings. The van der Waals surface area contributed by atoms with E-state index in [9.17, 15) is 18.0 Å². The molecule has 8 nitrogen and oxygen atoms in total. The Bertz CT molecular complexity index is 818. The molecular weight excluding hydrogens is 407 g/mol. The molecule has 2 heterocycles.